The van der Waals surface area contributed by atoms with Crippen molar-refractivity contribution in [2.24, 2.45) is 0 Å². The lowest BCUT2D eigenvalue weighted by Gasteiger charge is -2.11. The molecule has 0 saturated heterocycles. The van der Waals surface area contributed by atoms with Crippen molar-refractivity contribution >= 4 is 17.4 Å². The summed E-state index contributed by atoms with van der Waals surface area (Å²) in [5.74, 6) is 0. The maximum atomic E-state index is 11.8. The van der Waals surface area contributed by atoms with Crippen molar-refractivity contribution in [3.05, 3.63) is 57.3 Å². The zero-order chi connectivity index (χ0) is 15.9. The van der Waals surface area contributed by atoms with Gasteiger partial charge in [-0.25, -0.2) is 4.79 Å². The summed E-state index contributed by atoms with van der Waals surface area (Å²) >= 11 is 1.70. The number of carbonyl (C=O) groups is 1. The summed E-state index contributed by atoms with van der Waals surface area (Å²) in [6.07, 6.45) is 0. The van der Waals surface area contributed by atoms with E-state index in [-0.39, 0.29) is 6.03 Å². The summed E-state index contributed by atoms with van der Waals surface area (Å²) in [5, 5.41) is 5.78. The van der Waals surface area contributed by atoms with Gasteiger partial charge in [0.1, 0.15) is 0 Å². The Morgan fingerprint density at radius 2 is 1.82 bits per heavy atom. The van der Waals surface area contributed by atoms with Crippen LogP contribution < -0.4 is 10.6 Å². The topological polar surface area (TPSA) is 44.4 Å². The molecule has 2 N–H and O–H groups in total. The van der Waals surface area contributed by atoms with Crippen LogP contribution in [0.15, 0.2) is 36.4 Å². The molecule has 0 aliphatic heterocycles. The number of carbonyl (C=O) groups excluding carboxylic acids is 1. The lowest BCUT2D eigenvalue weighted by molar-refractivity contribution is 0.240. The Bertz CT molecular complexity index is 622. The number of nitrogens with one attached hydrogen (secondary N) is 2. The maximum Gasteiger partial charge on any atom is 0.315 e. The first-order valence-corrected chi connectivity index (χ1v) is 8.14. The largest absolute Gasteiger partial charge is 0.334 e. The van der Waals surface area contributed by atoms with E-state index in [2.05, 4.69) is 40.7 Å². The Balaban J connectivity index is 1.78. The first kappa shape index (κ1) is 16.5. The molecule has 0 atom stereocenters. The van der Waals surface area contributed by atoms with E-state index in [4.69, 9.17) is 0 Å². The molecule has 22 heavy (non-hydrogen) atoms. The molecule has 5 heteroatoms. The van der Waals surface area contributed by atoms with Crippen molar-refractivity contribution in [3.63, 3.8) is 0 Å². The molecule has 0 saturated carbocycles. The maximum absolute atomic E-state index is 11.8. The lowest BCUT2D eigenvalue weighted by Crippen LogP contribution is -2.34. The second-order valence-electron chi connectivity index (χ2n) is 5.61. The number of amides is 2. The molecule has 1 heterocycles. The molecular formula is C17H23N3OS. The van der Waals surface area contributed by atoms with Gasteiger partial charge in [0.05, 0.1) is 6.54 Å². The van der Waals surface area contributed by atoms with Gasteiger partial charge in [0.2, 0.25) is 0 Å². The Morgan fingerprint density at radius 1 is 1.09 bits per heavy atom. The van der Waals surface area contributed by atoms with Crippen LogP contribution in [-0.2, 0) is 19.6 Å². The molecule has 2 rings (SSSR count). The fraction of sp³-hybridized carbons (Fsp3) is 0.353. The van der Waals surface area contributed by atoms with E-state index in [1.165, 1.54) is 15.3 Å². The van der Waals surface area contributed by atoms with Gasteiger partial charge < -0.3 is 15.5 Å². The molecule has 2 amide bonds. The van der Waals surface area contributed by atoms with Crippen LogP contribution in [0, 0.1) is 6.92 Å². The standard InChI is InChI=1S/C17H23N3OS/c1-13-7-8-16(22-13)11-19-17(21)18-10-14-5-4-6-15(9-14)12-20(2)3/h4-9H,10-12H2,1-3H3,(H2,18,19,21). The van der Waals surface area contributed by atoms with Crippen LogP contribution in [0.3, 0.4) is 0 Å². The molecule has 4 nitrogen and oxygen atoms in total. The highest BCUT2D eigenvalue weighted by Gasteiger charge is 2.03. The van der Waals surface area contributed by atoms with Crippen molar-refractivity contribution in [3.8, 4) is 0 Å². The van der Waals surface area contributed by atoms with Crippen LogP contribution >= 0.6 is 11.3 Å². The molecule has 0 unspecified atom stereocenters. The highest BCUT2D eigenvalue weighted by atomic mass is 32.1. The highest BCUT2D eigenvalue weighted by molar-refractivity contribution is 7.11. The number of benzene rings is 1. The van der Waals surface area contributed by atoms with Crippen molar-refractivity contribution in [1.82, 2.24) is 15.5 Å². The fourth-order valence-corrected chi connectivity index (χ4v) is 3.03. The normalized spacial score (nSPS) is 10.7. The SMILES string of the molecule is Cc1ccc(CNC(=O)NCc2cccc(CN(C)C)c2)s1. The summed E-state index contributed by atoms with van der Waals surface area (Å²) in [5.41, 5.74) is 2.36. The third kappa shape index (κ3) is 5.50. The first-order chi connectivity index (χ1) is 10.5. The van der Waals surface area contributed by atoms with Crippen LogP contribution in [0.4, 0.5) is 4.79 Å². The average molecular weight is 317 g/mol. The van der Waals surface area contributed by atoms with Crippen molar-refractivity contribution in [2.45, 2.75) is 26.6 Å². The van der Waals surface area contributed by atoms with E-state index in [1.54, 1.807) is 11.3 Å². The molecular weight excluding hydrogens is 294 g/mol. The van der Waals surface area contributed by atoms with E-state index in [0.29, 0.717) is 13.1 Å². The minimum Gasteiger partial charge on any atom is -0.334 e. The summed E-state index contributed by atoms with van der Waals surface area (Å²) in [6.45, 7) is 4.08. The van der Waals surface area contributed by atoms with E-state index < -0.39 is 0 Å². The number of hydrogen-bond donors (Lipinski definition) is 2. The summed E-state index contributed by atoms with van der Waals surface area (Å²) in [4.78, 5) is 16.4. The zero-order valence-corrected chi connectivity index (χ0v) is 14.2. The smallest absolute Gasteiger partial charge is 0.315 e. The van der Waals surface area contributed by atoms with E-state index >= 15 is 0 Å². The summed E-state index contributed by atoms with van der Waals surface area (Å²) in [6, 6.07) is 12.3. The van der Waals surface area contributed by atoms with Crippen LogP contribution in [0.1, 0.15) is 20.9 Å². The molecule has 2 aromatic rings. The van der Waals surface area contributed by atoms with Gasteiger partial charge in [-0.1, -0.05) is 24.3 Å². The summed E-state index contributed by atoms with van der Waals surface area (Å²) < 4.78 is 0. The molecule has 1 aromatic carbocycles. The Morgan fingerprint density at radius 3 is 2.50 bits per heavy atom. The predicted molar refractivity (Wildman–Crippen MR) is 92.0 cm³/mol. The number of aryl methyl sites for hydroxylation is 1. The van der Waals surface area contributed by atoms with Gasteiger partial charge >= 0.3 is 6.03 Å². The quantitative estimate of drug-likeness (QED) is 0.860. The minimum absolute atomic E-state index is 0.135. The van der Waals surface area contributed by atoms with Crippen molar-refractivity contribution < 1.29 is 4.79 Å². The van der Waals surface area contributed by atoms with Gasteiger partial charge in [-0.2, -0.15) is 0 Å². The number of hydrogen-bond acceptors (Lipinski definition) is 3. The summed E-state index contributed by atoms with van der Waals surface area (Å²) in [7, 11) is 4.09. The van der Waals surface area contributed by atoms with Crippen LogP contribution in [-0.4, -0.2) is 25.0 Å². The van der Waals surface area contributed by atoms with Crippen LogP contribution in [0.25, 0.3) is 0 Å². The molecule has 0 aliphatic rings. The molecule has 118 valence electrons. The third-order valence-electron chi connectivity index (χ3n) is 3.16. The molecule has 0 spiro atoms. The molecule has 0 bridgehead atoms. The van der Waals surface area contributed by atoms with E-state index in [1.807, 2.05) is 32.3 Å². The predicted octanol–water partition coefficient (Wildman–Crippen LogP) is 3.12. The Labute approximate surface area is 136 Å². The number of nitrogens with zero attached hydrogens (tertiary/aromatic N) is 1. The van der Waals surface area contributed by atoms with Gasteiger partial charge in [0.15, 0.2) is 0 Å². The number of thiophene rings is 1. The van der Waals surface area contributed by atoms with Gasteiger partial charge in [-0.15, -0.1) is 11.3 Å². The van der Waals surface area contributed by atoms with E-state index in [9.17, 15) is 4.79 Å². The monoisotopic (exact) mass is 317 g/mol. The van der Waals surface area contributed by atoms with Crippen LogP contribution in [0.5, 0.6) is 0 Å². The van der Waals surface area contributed by atoms with Gasteiger partial charge in [0.25, 0.3) is 0 Å². The number of urea groups is 1. The second-order valence-corrected chi connectivity index (χ2v) is 6.98. The minimum atomic E-state index is -0.135. The molecule has 0 aliphatic carbocycles. The molecule has 0 fully saturated rings. The van der Waals surface area contributed by atoms with Crippen molar-refractivity contribution in [1.29, 1.82) is 0 Å². The first-order valence-electron chi connectivity index (χ1n) is 7.32. The lowest BCUT2D eigenvalue weighted by atomic mass is 10.1. The Kier molecular flexibility index (Phi) is 5.98. The Hall–Kier alpha value is -1.85. The molecule has 0 radical (unpaired) electrons. The average Bonchev–Trinajstić information content (AvgIpc) is 2.88. The van der Waals surface area contributed by atoms with Crippen LogP contribution in [0.2, 0.25) is 0 Å². The van der Waals surface area contributed by atoms with Gasteiger partial charge in [-0.3, -0.25) is 0 Å². The number of rotatable bonds is 6. The zero-order valence-electron chi connectivity index (χ0n) is 13.3. The molecule has 1 aromatic heterocycles. The van der Waals surface area contributed by atoms with Gasteiger partial charge in [0, 0.05) is 22.8 Å². The van der Waals surface area contributed by atoms with Crippen molar-refractivity contribution in [2.75, 3.05) is 14.1 Å². The second kappa shape index (κ2) is 7.96. The highest BCUT2D eigenvalue weighted by Crippen LogP contribution is 2.14. The van der Waals surface area contributed by atoms with Gasteiger partial charge in [-0.05, 0) is 44.3 Å². The fourth-order valence-electron chi connectivity index (χ4n) is 2.20. The third-order valence-corrected chi connectivity index (χ3v) is 4.16. The van der Waals surface area contributed by atoms with E-state index in [0.717, 1.165) is 12.1 Å².